The zero-order chi connectivity index (χ0) is 15.7. The minimum atomic E-state index is -0.484. The van der Waals surface area contributed by atoms with Gasteiger partial charge in [0, 0.05) is 5.41 Å². The summed E-state index contributed by atoms with van der Waals surface area (Å²) in [4.78, 5) is 23.7. The first-order chi connectivity index (χ1) is 9.06. The fraction of sp³-hybridized carbons (Fsp3) is 0.750. The molecule has 0 aromatic rings. The monoisotopic (exact) mass is 282 g/mol. The Balaban J connectivity index is 2.91. The fourth-order valence-electron chi connectivity index (χ4n) is 2.27. The Morgan fingerprint density at radius 1 is 1.05 bits per heavy atom. The summed E-state index contributed by atoms with van der Waals surface area (Å²) in [5.41, 5.74) is 0.599. The second kappa shape index (κ2) is 5.98. The molecule has 0 spiro atoms. The number of hydrogen-bond donors (Lipinski definition) is 0. The van der Waals surface area contributed by atoms with Crippen molar-refractivity contribution in [2.24, 2.45) is 17.3 Å². The SMILES string of the molecule is CC1=CC(C)(C)C(OC(=O)C(C)C)C1OC(=O)C(C)C. The van der Waals surface area contributed by atoms with Crippen LogP contribution in [-0.4, -0.2) is 24.1 Å². The molecule has 2 atom stereocenters. The van der Waals surface area contributed by atoms with Crippen LogP contribution in [0.2, 0.25) is 0 Å². The number of esters is 2. The minimum Gasteiger partial charge on any atom is -0.457 e. The Labute approximate surface area is 121 Å². The summed E-state index contributed by atoms with van der Waals surface area (Å²) in [6.45, 7) is 13.0. The van der Waals surface area contributed by atoms with Gasteiger partial charge in [0.05, 0.1) is 11.8 Å². The predicted octanol–water partition coefficient (Wildman–Crippen LogP) is 3.11. The zero-order valence-corrected chi connectivity index (χ0v) is 13.5. The molecule has 0 heterocycles. The van der Waals surface area contributed by atoms with Crippen LogP contribution in [0.3, 0.4) is 0 Å². The number of carbonyl (C=O) groups excluding carboxylic acids is 2. The molecule has 114 valence electrons. The maximum Gasteiger partial charge on any atom is 0.309 e. The molecule has 1 aliphatic rings. The van der Waals surface area contributed by atoms with Crippen molar-refractivity contribution in [1.82, 2.24) is 0 Å². The first-order valence-electron chi connectivity index (χ1n) is 7.16. The van der Waals surface area contributed by atoms with Gasteiger partial charge in [0.1, 0.15) is 0 Å². The molecule has 1 aliphatic carbocycles. The fourth-order valence-corrected chi connectivity index (χ4v) is 2.27. The third kappa shape index (κ3) is 3.62. The van der Waals surface area contributed by atoms with Crippen molar-refractivity contribution in [2.75, 3.05) is 0 Å². The summed E-state index contributed by atoms with van der Waals surface area (Å²) < 4.78 is 11.1. The van der Waals surface area contributed by atoms with E-state index >= 15 is 0 Å². The van der Waals surface area contributed by atoms with E-state index in [1.807, 2.05) is 26.8 Å². The molecule has 0 aliphatic heterocycles. The smallest absolute Gasteiger partial charge is 0.309 e. The van der Waals surface area contributed by atoms with Gasteiger partial charge in [-0.1, -0.05) is 47.6 Å². The minimum absolute atomic E-state index is 0.201. The second-order valence-electron chi connectivity index (χ2n) is 6.73. The lowest BCUT2D eigenvalue weighted by Crippen LogP contribution is -2.41. The molecule has 0 fully saturated rings. The summed E-state index contributed by atoms with van der Waals surface area (Å²) in [6, 6.07) is 0. The molecule has 0 N–H and O–H groups in total. The Morgan fingerprint density at radius 2 is 1.50 bits per heavy atom. The van der Waals surface area contributed by atoms with Gasteiger partial charge in [-0.2, -0.15) is 0 Å². The van der Waals surface area contributed by atoms with E-state index in [0.717, 1.165) is 5.57 Å². The van der Waals surface area contributed by atoms with Crippen molar-refractivity contribution in [3.05, 3.63) is 11.6 Å². The molecule has 0 bridgehead atoms. The van der Waals surface area contributed by atoms with Crippen molar-refractivity contribution in [2.45, 2.75) is 60.7 Å². The Bertz CT molecular complexity index is 418. The van der Waals surface area contributed by atoms with Gasteiger partial charge in [0.2, 0.25) is 0 Å². The molecular formula is C16H26O4. The lowest BCUT2D eigenvalue weighted by Gasteiger charge is -2.31. The predicted molar refractivity (Wildman–Crippen MR) is 77.0 cm³/mol. The van der Waals surface area contributed by atoms with E-state index in [9.17, 15) is 9.59 Å². The summed E-state index contributed by atoms with van der Waals surface area (Å²) in [7, 11) is 0. The second-order valence-corrected chi connectivity index (χ2v) is 6.73. The van der Waals surface area contributed by atoms with Crippen LogP contribution in [0.5, 0.6) is 0 Å². The van der Waals surface area contributed by atoms with Gasteiger partial charge in [-0.25, -0.2) is 0 Å². The van der Waals surface area contributed by atoms with Crippen molar-refractivity contribution < 1.29 is 19.1 Å². The maximum absolute atomic E-state index is 11.9. The van der Waals surface area contributed by atoms with Crippen LogP contribution in [0.4, 0.5) is 0 Å². The highest BCUT2D eigenvalue weighted by Gasteiger charge is 2.46. The normalized spacial score (nSPS) is 24.8. The maximum atomic E-state index is 11.9. The van der Waals surface area contributed by atoms with E-state index in [4.69, 9.17) is 9.47 Å². The van der Waals surface area contributed by atoms with Gasteiger partial charge >= 0.3 is 11.9 Å². The average Bonchev–Trinajstić information content (AvgIpc) is 2.50. The Morgan fingerprint density at radius 3 is 1.95 bits per heavy atom. The molecule has 4 nitrogen and oxygen atoms in total. The molecule has 4 heteroatoms. The number of rotatable bonds is 4. The van der Waals surface area contributed by atoms with E-state index in [0.29, 0.717) is 0 Å². The first kappa shape index (κ1) is 16.7. The summed E-state index contributed by atoms with van der Waals surface area (Å²) in [5, 5.41) is 0. The number of ether oxygens (including phenoxy) is 2. The van der Waals surface area contributed by atoms with E-state index < -0.39 is 12.2 Å². The van der Waals surface area contributed by atoms with Crippen LogP contribution >= 0.6 is 0 Å². The first-order valence-corrected chi connectivity index (χ1v) is 7.16. The standard InChI is InChI=1S/C16H26O4/c1-9(2)14(17)19-12-11(5)8-16(6,7)13(12)20-15(18)10(3)4/h8-10,12-13H,1-7H3. The lowest BCUT2D eigenvalue weighted by atomic mass is 9.89. The van der Waals surface area contributed by atoms with Crippen molar-refractivity contribution in [1.29, 1.82) is 0 Å². The third-order valence-corrected chi connectivity index (χ3v) is 3.49. The van der Waals surface area contributed by atoms with E-state index in [-0.39, 0.29) is 29.2 Å². The van der Waals surface area contributed by atoms with E-state index in [2.05, 4.69) is 0 Å². The van der Waals surface area contributed by atoms with Crippen LogP contribution in [0.1, 0.15) is 48.5 Å². The van der Waals surface area contributed by atoms with Crippen LogP contribution in [0, 0.1) is 17.3 Å². The van der Waals surface area contributed by atoms with Crippen molar-refractivity contribution in [3.8, 4) is 0 Å². The quantitative estimate of drug-likeness (QED) is 0.587. The summed E-state index contributed by atoms with van der Waals surface area (Å²) in [5.74, 6) is -0.941. The van der Waals surface area contributed by atoms with Crippen molar-refractivity contribution >= 4 is 11.9 Å². The van der Waals surface area contributed by atoms with Gasteiger partial charge in [-0.15, -0.1) is 0 Å². The molecule has 0 saturated heterocycles. The average molecular weight is 282 g/mol. The molecule has 0 amide bonds. The Hall–Kier alpha value is -1.32. The van der Waals surface area contributed by atoms with Crippen LogP contribution in [0.25, 0.3) is 0 Å². The Kier molecular flexibility index (Phi) is 5.00. The molecule has 0 aromatic carbocycles. The van der Waals surface area contributed by atoms with Crippen LogP contribution in [0.15, 0.2) is 11.6 Å². The molecule has 0 aromatic heterocycles. The molecule has 20 heavy (non-hydrogen) atoms. The molecule has 2 unspecified atom stereocenters. The third-order valence-electron chi connectivity index (χ3n) is 3.49. The highest BCUT2D eigenvalue weighted by atomic mass is 16.6. The molecular weight excluding hydrogens is 256 g/mol. The molecule has 0 saturated carbocycles. The van der Waals surface area contributed by atoms with Crippen LogP contribution in [-0.2, 0) is 19.1 Å². The molecule has 1 rings (SSSR count). The van der Waals surface area contributed by atoms with Gasteiger partial charge in [-0.3, -0.25) is 9.59 Å². The summed E-state index contributed by atoms with van der Waals surface area (Å²) in [6.07, 6.45) is 1.08. The lowest BCUT2D eigenvalue weighted by molar-refractivity contribution is -0.173. The van der Waals surface area contributed by atoms with Crippen LogP contribution < -0.4 is 0 Å². The summed E-state index contributed by atoms with van der Waals surface area (Å²) >= 11 is 0. The zero-order valence-electron chi connectivity index (χ0n) is 13.5. The number of carbonyl (C=O) groups is 2. The van der Waals surface area contributed by atoms with E-state index in [1.54, 1.807) is 27.7 Å². The van der Waals surface area contributed by atoms with Gasteiger partial charge < -0.3 is 9.47 Å². The molecule has 0 radical (unpaired) electrons. The largest absolute Gasteiger partial charge is 0.457 e. The highest BCUT2D eigenvalue weighted by molar-refractivity contribution is 5.73. The number of hydrogen-bond acceptors (Lipinski definition) is 4. The van der Waals surface area contributed by atoms with Crippen molar-refractivity contribution in [3.63, 3.8) is 0 Å². The van der Waals surface area contributed by atoms with Gasteiger partial charge in [-0.05, 0) is 12.5 Å². The topological polar surface area (TPSA) is 52.6 Å². The van der Waals surface area contributed by atoms with Gasteiger partial charge in [0.25, 0.3) is 0 Å². The van der Waals surface area contributed by atoms with Gasteiger partial charge in [0.15, 0.2) is 12.2 Å². The van der Waals surface area contributed by atoms with E-state index in [1.165, 1.54) is 0 Å². The highest BCUT2D eigenvalue weighted by Crippen LogP contribution is 2.40.